The summed E-state index contributed by atoms with van der Waals surface area (Å²) in [5.41, 5.74) is 9.50. The smallest absolute Gasteiger partial charge is 0.328 e. The molecule has 0 aliphatic carbocycles. The summed E-state index contributed by atoms with van der Waals surface area (Å²) in [7, 11) is 1.90. The van der Waals surface area contributed by atoms with E-state index in [4.69, 9.17) is 38.7 Å². The number of halogens is 5. The zero-order valence-electron chi connectivity index (χ0n) is 27.7. The van der Waals surface area contributed by atoms with Crippen LogP contribution in [0.2, 0.25) is 0 Å². The van der Waals surface area contributed by atoms with Crippen LogP contribution in [0, 0.1) is 11.7 Å². The lowest BCUT2D eigenvalue weighted by atomic mass is 10.0. The Labute approximate surface area is 304 Å². The van der Waals surface area contributed by atoms with Crippen LogP contribution in [0.25, 0.3) is 11.0 Å². The van der Waals surface area contributed by atoms with Gasteiger partial charge in [-0.05, 0) is 68.0 Å². The number of amides is 2. The first kappa shape index (κ1) is 43.2. The summed E-state index contributed by atoms with van der Waals surface area (Å²) in [4.78, 5) is 46.4. The minimum absolute atomic E-state index is 0. The van der Waals surface area contributed by atoms with Crippen LogP contribution >= 0.6 is 48.0 Å². The maximum absolute atomic E-state index is 13.5. The highest BCUT2D eigenvalue weighted by molar-refractivity contribution is 6.18. The fourth-order valence-electron chi connectivity index (χ4n) is 5.22. The molecule has 268 valence electrons. The van der Waals surface area contributed by atoms with Gasteiger partial charge in [-0.1, -0.05) is 26.0 Å². The van der Waals surface area contributed by atoms with Crippen LogP contribution in [0.5, 0.6) is 0 Å². The second-order valence-electron chi connectivity index (χ2n) is 11.6. The summed E-state index contributed by atoms with van der Waals surface area (Å²) < 4.78 is 20.5. The van der Waals surface area contributed by atoms with Crippen molar-refractivity contribution in [2.75, 3.05) is 36.4 Å². The Hall–Kier alpha value is -2.83. The Morgan fingerprint density at radius 1 is 1.00 bits per heavy atom. The molecular weight excluding hydrogens is 705 g/mol. The average Bonchev–Trinajstić information content (AvgIpc) is 3.33. The number of nitrogens with one attached hydrogen (secondary N) is 2. The van der Waals surface area contributed by atoms with Gasteiger partial charge in [0.05, 0.1) is 23.7 Å². The van der Waals surface area contributed by atoms with Crippen molar-refractivity contribution < 1.29 is 23.5 Å². The molecule has 0 bridgehead atoms. The summed E-state index contributed by atoms with van der Waals surface area (Å²) in [6.07, 6.45) is 1.10. The van der Waals surface area contributed by atoms with Crippen LogP contribution in [0.4, 0.5) is 10.1 Å². The average molecular weight is 753 g/mol. The van der Waals surface area contributed by atoms with E-state index in [1.807, 2.05) is 43.7 Å². The first-order valence-electron chi connectivity index (χ1n) is 15.6. The molecule has 0 spiro atoms. The third kappa shape index (κ3) is 12.6. The van der Waals surface area contributed by atoms with Crippen molar-refractivity contribution in [2.45, 2.75) is 64.6 Å². The second kappa shape index (κ2) is 21.3. The van der Waals surface area contributed by atoms with E-state index >= 15 is 0 Å². The third-order valence-corrected chi connectivity index (χ3v) is 7.96. The first-order chi connectivity index (χ1) is 22.0. The van der Waals surface area contributed by atoms with E-state index in [0.717, 1.165) is 22.5 Å². The minimum atomic E-state index is -0.967. The van der Waals surface area contributed by atoms with E-state index in [9.17, 15) is 18.8 Å². The van der Waals surface area contributed by atoms with Gasteiger partial charge < -0.3 is 30.6 Å². The zero-order valence-corrected chi connectivity index (χ0v) is 30.9. The highest BCUT2D eigenvalue weighted by Crippen LogP contribution is 2.24. The van der Waals surface area contributed by atoms with Crippen LogP contribution in [0.3, 0.4) is 0 Å². The van der Waals surface area contributed by atoms with Gasteiger partial charge in [-0.25, -0.2) is 14.2 Å². The maximum atomic E-state index is 13.5. The number of fused-ring (bicyclic) bond motifs is 1. The number of ether oxygens (including phenoxy) is 1. The molecule has 0 aliphatic rings. The van der Waals surface area contributed by atoms with Crippen LogP contribution in [-0.2, 0) is 39.0 Å². The summed E-state index contributed by atoms with van der Waals surface area (Å²) in [6.45, 7) is 7.00. The molecule has 48 heavy (non-hydrogen) atoms. The molecule has 0 fully saturated rings. The van der Waals surface area contributed by atoms with E-state index in [1.54, 1.807) is 19.1 Å². The molecule has 0 saturated carbocycles. The number of hydrogen-bond acceptors (Lipinski definition) is 7. The van der Waals surface area contributed by atoms with Crippen molar-refractivity contribution in [1.29, 1.82) is 0 Å². The molecule has 2 amide bonds. The van der Waals surface area contributed by atoms with Gasteiger partial charge in [0.15, 0.2) is 0 Å². The number of nitrogens with two attached hydrogens (primary N) is 1. The molecule has 3 aromatic rings. The predicted molar refractivity (Wildman–Crippen MR) is 195 cm³/mol. The predicted octanol–water partition coefficient (Wildman–Crippen LogP) is 4.92. The standard InChI is InChI=1S/C33H45Cl2FN6O4.2ClH/c1-5-46-33(45)26(11-13-30-38-27-20-24(10-12-29(27)41(30)4)42(16-14-34)17-15-35)39-32(44)28(18-21(2)3)40-31(43)25(37)19-22-6-8-23(36)9-7-22;;/h6-10,12,20-21,25-26,28H,5,11,13-19,37H2,1-4H3,(H,39,44)(H,40,43);2*1H. The Balaban J connectivity index is 0.00000576. The van der Waals surface area contributed by atoms with Gasteiger partial charge in [-0.15, -0.1) is 48.0 Å². The molecule has 3 atom stereocenters. The number of carbonyl (C=O) groups is 3. The Morgan fingerprint density at radius 2 is 1.62 bits per heavy atom. The number of nitrogens with zero attached hydrogens (tertiary/aromatic N) is 3. The van der Waals surface area contributed by atoms with Gasteiger partial charge >= 0.3 is 5.97 Å². The van der Waals surface area contributed by atoms with Gasteiger partial charge in [0, 0.05) is 44.0 Å². The molecule has 0 radical (unpaired) electrons. The number of alkyl halides is 2. The molecule has 2 aromatic carbocycles. The monoisotopic (exact) mass is 750 g/mol. The maximum Gasteiger partial charge on any atom is 0.328 e. The van der Waals surface area contributed by atoms with E-state index in [1.165, 1.54) is 12.1 Å². The van der Waals surface area contributed by atoms with Gasteiger partial charge in [0.1, 0.15) is 23.7 Å². The molecule has 4 N–H and O–H groups in total. The highest BCUT2D eigenvalue weighted by atomic mass is 35.5. The molecule has 0 aliphatic heterocycles. The number of benzene rings is 2. The Kier molecular flexibility index (Phi) is 19.2. The number of aromatic nitrogens is 2. The van der Waals surface area contributed by atoms with E-state index in [0.29, 0.717) is 43.3 Å². The van der Waals surface area contributed by atoms with E-state index < -0.39 is 35.9 Å². The minimum Gasteiger partial charge on any atom is -0.464 e. The molecular formula is C33H47Cl4FN6O4. The van der Waals surface area contributed by atoms with Crippen LogP contribution in [-0.4, -0.2) is 76.9 Å². The fourth-order valence-corrected chi connectivity index (χ4v) is 5.63. The Bertz CT molecular complexity index is 1450. The number of rotatable bonds is 18. The molecule has 3 rings (SSSR count). The molecule has 3 unspecified atom stereocenters. The normalized spacial score (nSPS) is 12.8. The largest absolute Gasteiger partial charge is 0.464 e. The second-order valence-corrected chi connectivity index (χ2v) is 12.4. The van der Waals surface area contributed by atoms with Crippen LogP contribution < -0.4 is 21.3 Å². The van der Waals surface area contributed by atoms with E-state index in [2.05, 4.69) is 15.5 Å². The SMILES string of the molecule is CCOC(=O)C(CCc1nc2cc(N(CCCl)CCCl)ccc2n1C)NC(=O)C(CC(C)C)NC(=O)C(N)Cc1ccc(F)cc1.Cl.Cl. The lowest BCUT2D eigenvalue weighted by Crippen LogP contribution is -2.55. The first-order valence-corrected chi connectivity index (χ1v) is 16.6. The van der Waals surface area contributed by atoms with Gasteiger partial charge in [-0.3, -0.25) is 9.59 Å². The molecule has 15 heteroatoms. The summed E-state index contributed by atoms with van der Waals surface area (Å²) in [5, 5.41) is 5.55. The molecule has 1 heterocycles. The zero-order chi connectivity index (χ0) is 33.8. The van der Waals surface area contributed by atoms with Crippen LogP contribution in [0.1, 0.15) is 45.0 Å². The van der Waals surface area contributed by atoms with Crippen molar-refractivity contribution in [2.24, 2.45) is 18.7 Å². The summed E-state index contributed by atoms with van der Waals surface area (Å²) in [5.74, 6) is -0.269. The van der Waals surface area contributed by atoms with Crippen molar-refractivity contribution in [3.8, 4) is 0 Å². The van der Waals surface area contributed by atoms with Gasteiger partial charge in [-0.2, -0.15) is 0 Å². The van der Waals surface area contributed by atoms with Crippen molar-refractivity contribution >= 4 is 82.5 Å². The van der Waals surface area contributed by atoms with Crippen LogP contribution in [0.15, 0.2) is 42.5 Å². The highest BCUT2D eigenvalue weighted by Gasteiger charge is 2.30. The van der Waals surface area contributed by atoms with Crippen molar-refractivity contribution in [1.82, 2.24) is 20.2 Å². The number of aryl methyl sites for hydroxylation is 2. The number of carbonyl (C=O) groups excluding carboxylic acids is 3. The number of imidazole rings is 1. The lowest BCUT2D eigenvalue weighted by Gasteiger charge is -2.25. The third-order valence-electron chi connectivity index (χ3n) is 7.62. The number of hydrogen-bond donors (Lipinski definition) is 3. The number of anilines is 1. The summed E-state index contributed by atoms with van der Waals surface area (Å²) in [6, 6.07) is 8.85. The van der Waals surface area contributed by atoms with Crippen molar-refractivity contribution in [3.05, 3.63) is 59.7 Å². The topological polar surface area (TPSA) is 132 Å². The van der Waals surface area contributed by atoms with Crippen molar-refractivity contribution in [3.63, 3.8) is 0 Å². The summed E-state index contributed by atoms with van der Waals surface area (Å²) >= 11 is 12.0. The quantitative estimate of drug-likeness (QED) is 0.124. The number of esters is 1. The fraction of sp³-hybridized carbons (Fsp3) is 0.515. The lowest BCUT2D eigenvalue weighted by molar-refractivity contribution is -0.147. The molecule has 0 saturated heterocycles. The van der Waals surface area contributed by atoms with E-state index in [-0.39, 0.29) is 56.0 Å². The van der Waals surface area contributed by atoms with Gasteiger partial charge in [0.25, 0.3) is 0 Å². The van der Waals surface area contributed by atoms with Gasteiger partial charge in [0.2, 0.25) is 11.8 Å². The molecule has 1 aromatic heterocycles. The molecule has 10 nitrogen and oxygen atoms in total. The Morgan fingerprint density at radius 3 is 2.21 bits per heavy atom.